The summed E-state index contributed by atoms with van der Waals surface area (Å²) < 4.78 is 77.6. The van der Waals surface area contributed by atoms with Crippen molar-refractivity contribution in [3.05, 3.63) is 47.5 Å². The number of rotatable bonds is 9. The molecule has 1 aromatic rings. The minimum atomic E-state index is -5.76. The lowest BCUT2D eigenvalue weighted by molar-refractivity contribution is -0.370. The summed E-state index contributed by atoms with van der Waals surface area (Å²) in [5.74, 6) is 6.84. The van der Waals surface area contributed by atoms with Gasteiger partial charge in [0, 0.05) is 5.56 Å². The van der Waals surface area contributed by atoms with E-state index in [1.54, 1.807) is 0 Å². The Kier molecular flexibility index (Phi) is 8.89. The molecule has 2 saturated carbocycles. The summed E-state index contributed by atoms with van der Waals surface area (Å²) in [5, 5.41) is 14.9. The number of allylic oxidation sites excluding steroid dienone is 1. The number of hydrazone groups is 1. The maximum absolute atomic E-state index is 12.9. The number of halogens is 6. The topological polar surface area (TPSA) is 87.9 Å². The normalized spacial score (nSPS) is 26.4. The van der Waals surface area contributed by atoms with Gasteiger partial charge in [0.25, 0.3) is 5.60 Å². The second-order valence-electron chi connectivity index (χ2n) is 10.5. The van der Waals surface area contributed by atoms with E-state index in [2.05, 4.69) is 18.1 Å². The molecule has 0 saturated heterocycles. The van der Waals surface area contributed by atoms with E-state index in [0.29, 0.717) is 18.8 Å². The highest BCUT2D eigenvalue weighted by molar-refractivity contribution is 5.97. The molecule has 5 N–H and O–H groups in total. The summed E-state index contributed by atoms with van der Waals surface area (Å²) in [6, 6.07) is 9.26. The van der Waals surface area contributed by atoms with Crippen LogP contribution in [0.3, 0.4) is 0 Å². The summed E-state index contributed by atoms with van der Waals surface area (Å²) in [5.41, 5.74) is 3.33. The zero-order valence-corrected chi connectivity index (χ0v) is 21.0. The van der Waals surface area contributed by atoms with Crippen molar-refractivity contribution in [2.24, 2.45) is 33.9 Å². The lowest BCUT2D eigenvalue weighted by atomic mass is 9.62. The molecule has 3 atom stereocenters. The Labute approximate surface area is 213 Å². The maximum atomic E-state index is 12.9. The molecule has 0 aliphatic heterocycles. The second-order valence-corrected chi connectivity index (χ2v) is 10.5. The molecular weight excluding hydrogens is 498 g/mol. The number of nitrogens with two attached hydrogens (primary N) is 2. The molecule has 0 heterocycles. The lowest BCUT2D eigenvalue weighted by Gasteiger charge is -2.42. The first-order valence-corrected chi connectivity index (χ1v) is 12.7. The number of hydrogen-bond donors (Lipinski definition) is 3. The summed E-state index contributed by atoms with van der Waals surface area (Å²) >= 11 is 0. The van der Waals surface area contributed by atoms with Crippen LogP contribution in [-0.2, 0) is 0 Å². The van der Waals surface area contributed by atoms with E-state index in [1.165, 1.54) is 10.7 Å². The largest absolute Gasteiger partial charge is 0.426 e. The van der Waals surface area contributed by atoms with Crippen LogP contribution in [-0.4, -0.2) is 40.6 Å². The zero-order chi connectivity index (χ0) is 27.5. The monoisotopic (exact) mass is 534 g/mol. The van der Waals surface area contributed by atoms with Gasteiger partial charge in [-0.1, -0.05) is 55.3 Å². The van der Waals surface area contributed by atoms with Crippen molar-refractivity contribution >= 4 is 5.84 Å². The van der Waals surface area contributed by atoms with E-state index in [1.807, 2.05) is 30.3 Å². The van der Waals surface area contributed by atoms with Crippen LogP contribution < -0.4 is 11.6 Å². The van der Waals surface area contributed by atoms with Crippen LogP contribution in [0.1, 0.15) is 70.3 Å². The minimum Gasteiger partial charge on any atom is -0.382 e. The van der Waals surface area contributed by atoms with Crippen LogP contribution in [0.25, 0.3) is 0 Å². The smallest absolute Gasteiger partial charge is 0.382 e. The summed E-state index contributed by atoms with van der Waals surface area (Å²) in [6.07, 6.45) is -5.82. The molecule has 37 heavy (non-hydrogen) atoms. The molecule has 0 bridgehead atoms. The van der Waals surface area contributed by atoms with Gasteiger partial charge in [0.1, 0.15) is 0 Å². The van der Waals surface area contributed by atoms with Crippen molar-refractivity contribution in [3.63, 3.8) is 0 Å². The lowest BCUT2D eigenvalue weighted by Crippen LogP contribution is -2.56. The van der Waals surface area contributed by atoms with Gasteiger partial charge < -0.3 is 10.8 Å². The molecule has 3 unspecified atom stereocenters. The molecule has 1 aromatic carbocycles. The number of hydrazine groups is 1. The van der Waals surface area contributed by atoms with E-state index >= 15 is 0 Å². The number of unbranched alkanes of at least 4 members (excludes halogenated alkanes) is 1. The van der Waals surface area contributed by atoms with Crippen LogP contribution in [0.5, 0.6) is 0 Å². The van der Waals surface area contributed by atoms with Crippen molar-refractivity contribution in [1.82, 2.24) is 5.12 Å². The van der Waals surface area contributed by atoms with Crippen LogP contribution in [0.2, 0.25) is 0 Å². The quantitative estimate of drug-likeness (QED) is 0.0686. The number of amidine groups is 1. The van der Waals surface area contributed by atoms with E-state index in [-0.39, 0.29) is 30.1 Å². The Morgan fingerprint density at radius 1 is 1.11 bits per heavy atom. The molecular formula is C26H36F6N4O. The van der Waals surface area contributed by atoms with Gasteiger partial charge in [-0.05, 0) is 68.6 Å². The molecule has 208 valence electrons. The van der Waals surface area contributed by atoms with Gasteiger partial charge in [-0.2, -0.15) is 26.3 Å². The van der Waals surface area contributed by atoms with Gasteiger partial charge in [-0.3, -0.25) is 0 Å². The fourth-order valence-electron chi connectivity index (χ4n) is 6.14. The number of benzene rings is 1. The van der Waals surface area contributed by atoms with E-state index in [9.17, 15) is 31.4 Å². The molecule has 3 rings (SSSR count). The Balaban J connectivity index is 1.58. The summed E-state index contributed by atoms with van der Waals surface area (Å²) in [4.78, 5) is 0. The Morgan fingerprint density at radius 3 is 2.38 bits per heavy atom. The summed E-state index contributed by atoms with van der Waals surface area (Å²) in [6.45, 7) is 2.55. The van der Waals surface area contributed by atoms with Gasteiger partial charge in [-0.15, -0.1) is 5.10 Å². The van der Waals surface area contributed by atoms with Gasteiger partial charge in [0.2, 0.25) is 0 Å². The Bertz CT molecular complexity index is 948. The fraction of sp³-hybridized carbons (Fsp3) is 0.654. The summed E-state index contributed by atoms with van der Waals surface area (Å²) in [7, 11) is 0. The number of hydrogen-bond acceptors (Lipinski definition) is 4. The first-order chi connectivity index (χ1) is 17.2. The van der Waals surface area contributed by atoms with Gasteiger partial charge in [0.15, 0.2) is 5.84 Å². The first kappa shape index (κ1) is 29.3. The molecule has 2 aliphatic rings. The third-order valence-electron chi connectivity index (χ3n) is 8.29. The standard InChI is InChI=1S/C26H36F6N4O/c1-23-15-7-10-18(14-17-36(34)35-22(33)19-8-3-2-4-9-19)21(23)13-12-20(23)11-5-6-16-24(37,25(27,28)29)26(30,31)32/h2-4,8-9,14,20-21,37H,5-7,10-13,15-17,34H2,1H3,(H2,33,35)/b18-14+. The van der Waals surface area contributed by atoms with E-state index in [4.69, 9.17) is 11.6 Å². The average molecular weight is 535 g/mol. The maximum Gasteiger partial charge on any atom is 0.426 e. The van der Waals surface area contributed by atoms with E-state index in [0.717, 1.165) is 37.7 Å². The Morgan fingerprint density at radius 2 is 1.76 bits per heavy atom. The van der Waals surface area contributed by atoms with Gasteiger partial charge >= 0.3 is 12.4 Å². The molecule has 2 fully saturated rings. The van der Waals surface area contributed by atoms with E-state index < -0.39 is 24.4 Å². The first-order valence-electron chi connectivity index (χ1n) is 12.7. The molecule has 2 aliphatic carbocycles. The van der Waals surface area contributed by atoms with Crippen LogP contribution in [0.15, 0.2) is 47.1 Å². The number of fused-ring (bicyclic) bond motifs is 1. The third-order valence-corrected chi connectivity index (χ3v) is 8.29. The molecule has 11 heteroatoms. The number of nitrogens with zero attached hydrogens (tertiary/aromatic N) is 2. The molecule has 0 spiro atoms. The van der Waals surface area contributed by atoms with Crippen molar-refractivity contribution in [2.45, 2.75) is 82.7 Å². The fourth-order valence-corrected chi connectivity index (χ4v) is 6.14. The predicted molar refractivity (Wildman–Crippen MR) is 130 cm³/mol. The number of alkyl halides is 6. The zero-order valence-electron chi connectivity index (χ0n) is 21.0. The molecule has 5 nitrogen and oxygen atoms in total. The predicted octanol–water partition coefficient (Wildman–Crippen LogP) is 6.04. The van der Waals surface area contributed by atoms with Gasteiger partial charge in [0.05, 0.1) is 6.54 Å². The van der Waals surface area contributed by atoms with Crippen LogP contribution >= 0.6 is 0 Å². The SMILES string of the molecule is CC12CCC/C(=C\CN(N)/N=C(\N)c3ccccc3)C1CCC2CCCCC(O)(C(F)(F)F)C(F)(F)F. The molecule has 0 radical (unpaired) electrons. The van der Waals surface area contributed by atoms with Crippen LogP contribution in [0.4, 0.5) is 26.3 Å². The van der Waals surface area contributed by atoms with Crippen LogP contribution in [0, 0.1) is 17.3 Å². The average Bonchev–Trinajstić information content (AvgIpc) is 3.16. The van der Waals surface area contributed by atoms with Crippen molar-refractivity contribution in [3.8, 4) is 0 Å². The van der Waals surface area contributed by atoms with Gasteiger partial charge in [-0.25, -0.2) is 11.0 Å². The second kappa shape index (κ2) is 11.2. The van der Waals surface area contributed by atoms with Crippen molar-refractivity contribution in [1.29, 1.82) is 0 Å². The van der Waals surface area contributed by atoms with Crippen molar-refractivity contribution < 1.29 is 31.4 Å². The Hall–Kier alpha value is -2.27. The highest BCUT2D eigenvalue weighted by atomic mass is 19.4. The molecule has 0 amide bonds. The highest BCUT2D eigenvalue weighted by Gasteiger charge is 2.69. The minimum absolute atomic E-state index is 0.0692. The third kappa shape index (κ3) is 6.42. The van der Waals surface area contributed by atoms with Crippen molar-refractivity contribution in [2.75, 3.05) is 6.54 Å². The number of aliphatic hydroxyl groups is 1. The highest BCUT2D eigenvalue weighted by Crippen LogP contribution is 2.58. The molecule has 0 aromatic heterocycles.